The molecule has 1 aromatic rings. The first-order valence-corrected chi connectivity index (χ1v) is 7.99. The van der Waals surface area contributed by atoms with E-state index in [1.54, 1.807) is 0 Å². The molecule has 1 fully saturated rings. The summed E-state index contributed by atoms with van der Waals surface area (Å²) in [4.78, 5) is 14.8. The first kappa shape index (κ1) is 13.8. The molecule has 1 saturated heterocycles. The molecule has 2 heteroatoms. The smallest absolute Gasteiger partial charge is 0.176 e. The Morgan fingerprint density at radius 2 is 1.85 bits per heavy atom. The van der Waals surface area contributed by atoms with Gasteiger partial charge >= 0.3 is 0 Å². The number of piperidine rings is 1. The van der Waals surface area contributed by atoms with E-state index in [9.17, 15) is 4.79 Å². The van der Waals surface area contributed by atoms with Gasteiger partial charge in [0.25, 0.3) is 0 Å². The topological polar surface area (TPSA) is 20.3 Å². The third-order valence-corrected chi connectivity index (χ3v) is 4.73. The summed E-state index contributed by atoms with van der Waals surface area (Å²) in [7, 11) is 0. The van der Waals surface area contributed by atoms with Crippen LogP contribution in [0.3, 0.4) is 0 Å². The SMILES string of the molecule is CC1CC(C)CN(CC(=O)c2ccc3c(c2)CCC3)C1. The molecule has 0 spiro atoms. The molecule has 1 aliphatic heterocycles. The van der Waals surface area contributed by atoms with Gasteiger partial charge in [-0.3, -0.25) is 9.69 Å². The third kappa shape index (κ3) is 2.95. The highest BCUT2D eigenvalue weighted by molar-refractivity contribution is 5.97. The minimum Gasteiger partial charge on any atom is -0.295 e. The van der Waals surface area contributed by atoms with Crippen LogP contribution in [0.15, 0.2) is 18.2 Å². The number of rotatable bonds is 3. The highest BCUT2D eigenvalue weighted by atomic mass is 16.1. The van der Waals surface area contributed by atoms with E-state index >= 15 is 0 Å². The molecular weight excluding hydrogens is 246 g/mol. The maximum Gasteiger partial charge on any atom is 0.176 e. The van der Waals surface area contributed by atoms with E-state index in [1.807, 2.05) is 6.07 Å². The predicted molar refractivity (Wildman–Crippen MR) is 82.2 cm³/mol. The molecule has 20 heavy (non-hydrogen) atoms. The predicted octanol–water partition coefficient (Wildman–Crippen LogP) is 3.34. The molecular formula is C18H25NO. The Hall–Kier alpha value is -1.15. The van der Waals surface area contributed by atoms with Crippen molar-refractivity contribution in [2.75, 3.05) is 19.6 Å². The Morgan fingerprint density at radius 3 is 2.60 bits per heavy atom. The van der Waals surface area contributed by atoms with Gasteiger partial charge in [-0.2, -0.15) is 0 Å². The molecule has 2 unspecified atom stereocenters. The number of fused-ring (bicyclic) bond motifs is 1. The number of aryl methyl sites for hydroxylation is 2. The van der Waals surface area contributed by atoms with Gasteiger partial charge in [-0.1, -0.05) is 26.0 Å². The zero-order chi connectivity index (χ0) is 14.1. The molecule has 0 aromatic heterocycles. The van der Waals surface area contributed by atoms with Crippen LogP contribution in [0, 0.1) is 11.8 Å². The molecule has 0 amide bonds. The number of hydrogen-bond donors (Lipinski definition) is 0. The van der Waals surface area contributed by atoms with Gasteiger partial charge in [0.1, 0.15) is 0 Å². The molecule has 1 heterocycles. The lowest BCUT2D eigenvalue weighted by molar-refractivity contribution is 0.0849. The largest absolute Gasteiger partial charge is 0.295 e. The van der Waals surface area contributed by atoms with E-state index in [4.69, 9.17) is 0 Å². The van der Waals surface area contributed by atoms with Gasteiger partial charge in [-0.15, -0.1) is 0 Å². The van der Waals surface area contributed by atoms with Crippen LogP contribution in [0.2, 0.25) is 0 Å². The lowest BCUT2D eigenvalue weighted by Gasteiger charge is -2.34. The minimum atomic E-state index is 0.293. The summed E-state index contributed by atoms with van der Waals surface area (Å²) in [6.45, 7) is 7.32. The Morgan fingerprint density at radius 1 is 1.15 bits per heavy atom. The van der Waals surface area contributed by atoms with Crippen molar-refractivity contribution in [1.82, 2.24) is 4.90 Å². The zero-order valence-electron chi connectivity index (χ0n) is 12.7. The van der Waals surface area contributed by atoms with Crippen LogP contribution in [0.4, 0.5) is 0 Å². The normalized spacial score (nSPS) is 26.5. The van der Waals surface area contributed by atoms with Crippen molar-refractivity contribution in [1.29, 1.82) is 0 Å². The second-order valence-corrected chi connectivity index (χ2v) is 6.90. The van der Waals surface area contributed by atoms with Crippen LogP contribution in [0.25, 0.3) is 0 Å². The van der Waals surface area contributed by atoms with Crippen LogP contribution < -0.4 is 0 Å². The lowest BCUT2D eigenvalue weighted by Crippen LogP contribution is -2.41. The standard InChI is InChI=1S/C18H25NO/c1-13-8-14(2)11-19(10-13)12-18(20)17-7-6-15-4-3-5-16(15)9-17/h6-7,9,13-14H,3-5,8,10-12H2,1-2H3. The van der Waals surface area contributed by atoms with Crippen LogP contribution in [0.5, 0.6) is 0 Å². The first-order valence-electron chi connectivity index (χ1n) is 7.99. The number of carbonyl (C=O) groups excluding carboxylic acids is 1. The average Bonchev–Trinajstić information content (AvgIpc) is 2.84. The highest BCUT2D eigenvalue weighted by Gasteiger charge is 2.24. The van der Waals surface area contributed by atoms with Crippen molar-refractivity contribution in [3.63, 3.8) is 0 Å². The quantitative estimate of drug-likeness (QED) is 0.786. The van der Waals surface area contributed by atoms with E-state index in [2.05, 4.69) is 30.9 Å². The Kier molecular flexibility index (Phi) is 3.93. The van der Waals surface area contributed by atoms with E-state index in [1.165, 1.54) is 30.4 Å². The van der Waals surface area contributed by atoms with Crippen LogP contribution in [-0.4, -0.2) is 30.3 Å². The molecule has 2 nitrogen and oxygen atoms in total. The molecule has 0 bridgehead atoms. The molecule has 0 radical (unpaired) electrons. The summed E-state index contributed by atoms with van der Waals surface area (Å²) >= 11 is 0. The summed E-state index contributed by atoms with van der Waals surface area (Å²) in [6, 6.07) is 6.34. The highest BCUT2D eigenvalue weighted by Crippen LogP contribution is 2.24. The molecule has 0 N–H and O–H groups in total. The van der Waals surface area contributed by atoms with Crippen LogP contribution in [-0.2, 0) is 12.8 Å². The second-order valence-electron chi connectivity index (χ2n) is 6.90. The fraction of sp³-hybridized carbons (Fsp3) is 0.611. The molecule has 3 rings (SSSR count). The van der Waals surface area contributed by atoms with Crippen molar-refractivity contribution in [2.24, 2.45) is 11.8 Å². The second kappa shape index (κ2) is 5.69. The Balaban J connectivity index is 1.67. The van der Waals surface area contributed by atoms with Gasteiger partial charge in [0, 0.05) is 18.7 Å². The Labute approximate surface area is 122 Å². The van der Waals surface area contributed by atoms with Gasteiger partial charge in [0.05, 0.1) is 6.54 Å². The van der Waals surface area contributed by atoms with E-state index < -0.39 is 0 Å². The number of ketones is 1. The number of hydrogen-bond acceptors (Lipinski definition) is 2. The van der Waals surface area contributed by atoms with Gasteiger partial charge in [-0.25, -0.2) is 0 Å². The van der Waals surface area contributed by atoms with Crippen LogP contribution in [0.1, 0.15) is 48.2 Å². The fourth-order valence-electron chi connectivity index (χ4n) is 3.96. The third-order valence-electron chi connectivity index (χ3n) is 4.73. The first-order chi connectivity index (χ1) is 9.61. The van der Waals surface area contributed by atoms with Crippen molar-refractivity contribution in [3.8, 4) is 0 Å². The molecule has 2 atom stereocenters. The van der Waals surface area contributed by atoms with E-state index in [-0.39, 0.29) is 0 Å². The maximum absolute atomic E-state index is 12.5. The van der Waals surface area contributed by atoms with Crippen molar-refractivity contribution in [3.05, 3.63) is 34.9 Å². The lowest BCUT2D eigenvalue weighted by atomic mass is 9.91. The molecule has 108 valence electrons. The summed E-state index contributed by atoms with van der Waals surface area (Å²) < 4.78 is 0. The summed E-state index contributed by atoms with van der Waals surface area (Å²) in [6.07, 6.45) is 4.87. The molecule has 0 saturated carbocycles. The average molecular weight is 271 g/mol. The number of nitrogens with zero attached hydrogens (tertiary/aromatic N) is 1. The fourth-order valence-corrected chi connectivity index (χ4v) is 3.96. The van der Waals surface area contributed by atoms with Crippen molar-refractivity contribution >= 4 is 5.78 Å². The number of carbonyl (C=O) groups is 1. The minimum absolute atomic E-state index is 0.293. The van der Waals surface area contributed by atoms with E-state index in [0.717, 1.165) is 25.1 Å². The molecule has 1 aliphatic carbocycles. The monoisotopic (exact) mass is 271 g/mol. The zero-order valence-corrected chi connectivity index (χ0v) is 12.7. The maximum atomic E-state index is 12.5. The summed E-state index contributed by atoms with van der Waals surface area (Å²) in [5, 5.41) is 0. The Bertz CT molecular complexity index is 498. The van der Waals surface area contributed by atoms with Gasteiger partial charge in [0.2, 0.25) is 0 Å². The van der Waals surface area contributed by atoms with Gasteiger partial charge in [-0.05, 0) is 54.7 Å². The van der Waals surface area contributed by atoms with Gasteiger partial charge in [0.15, 0.2) is 5.78 Å². The summed E-state index contributed by atoms with van der Waals surface area (Å²) in [5.74, 6) is 1.72. The molecule has 1 aromatic carbocycles. The van der Waals surface area contributed by atoms with Crippen LogP contribution >= 0.6 is 0 Å². The van der Waals surface area contributed by atoms with Gasteiger partial charge < -0.3 is 0 Å². The number of benzene rings is 1. The molecule has 2 aliphatic rings. The summed E-state index contributed by atoms with van der Waals surface area (Å²) in [5.41, 5.74) is 3.76. The number of Topliss-reactive ketones (excluding diaryl/α,β-unsaturated/α-hetero) is 1. The number of likely N-dealkylation sites (tertiary alicyclic amines) is 1. The van der Waals surface area contributed by atoms with Crippen molar-refractivity contribution < 1.29 is 4.79 Å². The van der Waals surface area contributed by atoms with Crippen molar-refractivity contribution in [2.45, 2.75) is 39.5 Å². The van der Waals surface area contributed by atoms with E-state index in [0.29, 0.717) is 24.2 Å².